The number of hydrogen-bond acceptors (Lipinski definition) is 4. The Labute approximate surface area is 98.6 Å². The lowest BCUT2D eigenvalue weighted by molar-refractivity contribution is -0.145. The number of aliphatic hydroxyl groups excluding tert-OH is 1. The highest BCUT2D eigenvalue weighted by molar-refractivity contribution is 5.72. The minimum atomic E-state index is -0.992. The van der Waals surface area contributed by atoms with Crippen molar-refractivity contribution >= 4 is 5.97 Å². The maximum absolute atomic E-state index is 10.8. The van der Waals surface area contributed by atoms with Crippen molar-refractivity contribution in [2.45, 2.75) is 25.6 Å². The number of hydrogen-bond donors (Lipinski definition) is 2. The van der Waals surface area contributed by atoms with E-state index >= 15 is 0 Å². The van der Waals surface area contributed by atoms with Crippen LogP contribution in [0.1, 0.15) is 25.0 Å². The molecule has 0 aliphatic carbocycles. The van der Waals surface area contributed by atoms with Crippen LogP contribution in [0.3, 0.4) is 0 Å². The van der Waals surface area contributed by atoms with Crippen molar-refractivity contribution in [1.29, 1.82) is 0 Å². The van der Waals surface area contributed by atoms with Crippen molar-refractivity contribution in [3.05, 3.63) is 23.8 Å². The van der Waals surface area contributed by atoms with Gasteiger partial charge in [0.25, 0.3) is 0 Å². The van der Waals surface area contributed by atoms with E-state index in [1.807, 2.05) is 0 Å². The van der Waals surface area contributed by atoms with Gasteiger partial charge in [0.15, 0.2) is 6.10 Å². The van der Waals surface area contributed by atoms with Crippen molar-refractivity contribution in [3.8, 4) is 11.5 Å². The molecule has 0 bridgehead atoms. The van der Waals surface area contributed by atoms with E-state index in [1.54, 1.807) is 25.1 Å². The van der Waals surface area contributed by atoms with Gasteiger partial charge in [0, 0.05) is 11.6 Å². The van der Waals surface area contributed by atoms with E-state index in [0.717, 1.165) is 0 Å². The van der Waals surface area contributed by atoms with Crippen LogP contribution < -0.4 is 9.47 Å². The third-order valence-corrected chi connectivity index (χ3v) is 2.67. The quantitative estimate of drug-likeness (QED) is 0.828. The van der Waals surface area contributed by atoms with E-state index in [2.05, 4.69) is 0 Å². The first kappa shape index (κ1) is 11.7. The number of ether oxygens (including phenoxy) is 2. The zero-order valence-electron chi connectivity index (χ0n) is 9.42. The lowest BCUT2D eigenvalue weighted by Gasteiger charge is -2.13. The summed E-state index contributed by atoms with van der Waals surface area (Å²) in [6.07, 6.45) is -1.09. The summed E-state index contributed by atoms with van der Waals surface area (Å²) in [7, 11) is 0. The zero-order chi connectivity index (χ0) is 12.4. The second-order valence-corrected chi connectivity index (χ2v) is 3.88. The van der Waals surface area contributed by atoms with Gasteiger partial charge in [0.1, 0.15) is 24.2 Å². The molecule has 0 aromatic heterocycles. The van der Waals surface area contributed by atoms with Gasteiger partial charge in [-0.25, -0.2) is 4.79 Å². The van der Waals surface area contributed by atoms with Gasteiger partial charge >= 0.3 is 5.97 Å². The van der Waals surface area contributed by atoms with E-state index in [4.69, 9.17) is 14.6 Å². The van der Waals surface area contributed by atoms with Crippen molar-refractivity contribution in [2.75, 3.05) is 6.61 Å². The van der Waals surface area contributed by atoms with Crippen LogP contribution in [0.2, 0.25) is 0 Å². The van der Waals surface area contributed by atoms with Crippen LogP contribution in [0.15, 0.2) is 18.2 Å². The van der Waals surface area contributed by atoms with E-state index in [-0.39, 0.29) is 6.61 Å². The predicted molar refractivity (Wildman–Crippen MR) is 59.2 cm³/mol. The number of carboxylic acid groups (broad SMARTS) is 1. The molecule has 5 nitrogen and oxygen atoms in total. The number of fused-ring (bicyclic) bond motifs is 1. The molecule has 0 amide bonds. The molecule has 5 heteroatoms. The molecule has 1 aliphatic heterocycles. The van der Waals surface area contributed by atoms with Crippen molar-refractivity contribution < 1.29 is 24.5 Å². The van der Waals surface area contributed by atoms with E-state index in [9.17, 15) is 9.90 Å². The van der Waals surface area contributed by atoms with Crippen LogP contribution in [0.25, 0.3) is 0 Å². The van der Waals surface area contributed by atoms with Crippen LogP contribution in [-0.4, -0.2) is 28.9 Å². The second kappa shape index (κ2) is 4.63. The summed E-state index contributed by atoms with van der Waals surface area (Å²) >= 11 is 0. The van der Waals surface area contributed by atoms with Gasteiger partial charge in [-0.2, -0.15) is 0 Å². The van der Waals surface area contributed by atoms with Crippen LogP contribution in [0, 0.1) is 0 Å². The average Bonchev–Trinajstić information content (AvgIpc) is 2.67. The summed E-state index contributed by atoms with van der Waals surface area (Å²) in [5, 5.41) is 18.4. The zero-order valence-corrected chi connectivity index (χ0v) is 9.42. The molecule has 0 radical (unpaired) electrons. The fourth-order valence-corrected chi connectivity index (χ4v) is 1.72. The Morgan fingerprint density at radius 2 is 2.41 bits per heavy atom. The Morgan fingerprint density at radius 3 is 3.06 bits per heavy atom. The monoisotopic (exact) mass is 238 g/mol. The number of carboxylic acids is 1. The summed E-state index contributed by atoms with van der Waals surface area (Å²) in [4.78, 5) is 10.8. The molecule has 1 heterocycles. The molecule has 1 aliphatic rings. The Balaban J connectivity index is 2.16. The number of benzene rings is 1. The van der Waals surface area contributed by atoms with E-state index < -0.39 is 18.2 Å². The van der Waals surface area contributed by atoms with Crippen molar-refractivity contribution in [1.82, 2.24) is 0 Å². The van der Waals surface area contributed by atoms with Gasteiger partial charge in [-0.3, -0.25) is 0 Å². The standard InChI is InChI=1S/C12H14O5/c1-2-10(12(14)15)17-7-3-4-8-9(13)6-16-11(8)5-7/h3-5,9-10,13H,2,6H2,1H3,(H,14,15). The van der Waals surface area contributed by atoms with Crippen LogP contribution in [0.4, 0.5) is 0 Å². The van der Waals surface area contributed by atoms with Gasteiger partial charge < -0.3 is 19.7 Å². The SMILES string of the molecule is CCC(Oc1ccc2c(c1)OCC2O)C(=O)O. The highest BCUT2D eigenvalue weighted by atomic mass is 16.5. The van der Waals surface area contributed by atoms with Gasteiger partial charge in [-0.15, -0.1) is 0 Å². The largest absolute Gasteiger partial charge is 0.490 e. The van der Waals surface area contributed by atoms with Crippen molar-refractivity contribution in [2.24, 2.45) is 0 Å². The number of aliphatic carboxylic acids is 1. The molecule has 0 spiro atoms. The minimum absolute atomic E-state index is 0.231. The summed E-state index contributed by atoms with van der Waals surface area (Å²) in [6.45, 7) is 1.97. The molecule has 2 N–H and O–H groups in total. The number of carbonyl (C=O) groups is 1. The molecule has 17 heavy (non-hydrogen) atoms. The molecule has 1 aromatic carbocycles. The highest BCUT2D eigenvalue weighted by Crippen LogP contribution is 2.35. The summed E-state index contributed by atoms with van der Waals surface area (Å²) in [5.74, 6) is -0.00343. The molecule has 2 atom stereocenters. The normalized spacial score (nSPS) is 19.3. The molecule has 2 rings (SSSR count). The van der Waals surface area contributed by atoms with Crippen LogP contribution in [-0.2, 0) is 4.79 Å². The fourth-order valence-electron chi connectivity index (χ4n) is 1.72. The summed E-state index contributed by atoms with van der Waals surface area (Å²) < 4.78 is 10.6. The Kier molecular flexibility index (Phi) is 3.19. The topological polar surface area (TPSA) is 76.0 Å². The molecule has 0 saturated heterocycles. The highest BCUT2D eigenvalue weighted by Gasteiger charge is 2.23. The molecule has 1 aromatic rings. The van der Waals surface area contributed by atoms with Gasteiger partial charge in [-0.1, -0.05) is 6.92 Å². The molecule has 0 fully saturated rings. The van der Waals surface area contributed by atoms with E-state index in [0.29, 0.717) is 23.5 Å². The molecular weight excluding hydrogens is 224 g/mol. The summed E-state index contributed by atoms with van der Waals surface area (Å²) in [6, 6.07) is 4.94. The summed E-state index contributed by atoms with van der Waals surface area (Å²) in [5.41, 5.74) is 0.709. The molecular formula is C12H14O5. The maximum Gasteiger partial charge on any atom is 0.344 e. The fraction of sp³-hybridized carbons (Fsp3) is 0.417. The number of aliphatic hydroxyl groups is 1. The lowest BCUT2D eigenvalue weighted by Crippen LogP contribution is -2.25. The molecule has 0 saturated carbocycles. The Bertz CT molecular complexity index is 429. The number of rotatable bonds is 4. The van der Waals surface area contributed by atoms with E-state index in [1.165, 1.54) is 0 Å². The van der Waals surface area contributed by atoms with Crippen LogP contribution in [0.5, 0.6) is 11.5 Å². The van der Waals surface area contributed by atoms with Gasteiger partial charge in [0.05, 0.1) is 0 Å². The first-order valence-corrected chi connectivity index (χ1v) is 5.46. The predicted octanol–water partition coefficient (Wildman–Crippen LogP) is 1.35. The van der Waals surface area contributed by atoms with Crippen molar-refractivity contribution in [3.63, 3.8) is 0 Å². The molecule has 92 valence electrons. The second-order valence-electron chi connectivity index (χ2n) is 3.88. The average molecular weight is 238 g/mol. The first-order chi connectivity index (χ1) is 8.11. The molecule has 2 unspecified atom stereocenters. The Hall–Kier alpha value is -1.75. The first-order valence-electron chi connectivity index (χ1n) is 5.46. The van der Waals surface area contributed by atoms with Gasteiger partial charge in [0.2, 0.25) is 0 Å². The maximum atomic E-state index is 10.8. The Morgan fingerprint density at radius 1 is 1.65 bits per heavy atom. The third-order valence-electron chi connectivity index (χ3n) is 2.67. The lowest BCUT2D eigenvalue weighted by atomic mass is 10.1. The third kappa shape index (κ3) is 2.34. The smallest absolute Gasteiger partial charge is 0.344 e. The van der Waals surface area contributed by atoms with Gasteiger partial charge in [-0.05, 0) is 18.6 Å². The minimum Gasteiger partial charge on any atom is -0.490 e. The van der Waals surface area contributed by atoms with Crippen LogP contribution >= 0.6 is 0 Å².